The third kappa shape index (κ3) is 3.16. The molecule has 5 aromatic rings. The molecule has 0 saturated heterocycles. The maximum atomic E-state index is 13.7. The van der Waals surface area contributed by atoms with E-state index in [1.807, 2.05) is 30.3 Å². The van der Waals surface area contributed by atoms with Crippen molar-refractivity contribution in [2.24, 2.45) is 0 Å². The van der Waals surface area contributed by atoms with E-state index in [9.17, 15) is 4.39 Å². The largest absolute Gasteiger partial charge is 0.421 e. The van der Waals surface area contributed by atoms with Crippen LogP contribution in [0.1, 0.15) is 24.3 Å². The van der Waals surface area contributed by atoms with Crippen molar-refractivity contribution >= 4 is 11.0 Å². The monoisotopic (exact) mass is 402 g/mol. The molecule has 0 bridgehead atoms. The van der Waals surface area contributed by atoms with E-state index >= 15 is 0 Å². The summed E-state index contributed by atoms with van der Waals surface area (Å²) in [4.78, 5) is 4.86. The Balaban J connectivity index is 1.54. The molecule has 0 spiro atoms. The Morgan fingerprint density at radius 2 is 1.97 bits per heavy atom. The minimum absolute atomic E-state index is 0.293. The van der Waals surface area contributed by atoms with Gasteiger partial charge >= 0.3 is 0 Å². The predicted molar refractivity (Wildman–Crippen MR) is 110 cm³/mol. The number of hydrogen-bond acceptors (Lipinski definition) is 5. The first-order chi connectivity index (χ1) is 14.6. The highest BCUT2D eigenvalue weighted by Gasteiger charge is 2.15. The Hall–Kier alpha value is -3.81. The lowest BCUT2D eigenvalue weighted by atomic mass is 10.2. The molecule has 0 unspecified atom stereocenters. The first-order valence-electron chi connectivity index (χ1n) is 9.71. The normalized spacial score (nSPS) is 11.4. The zero-order valence-corrected chi connectivity index (χ0v) is 16.6. The van der Waals surface area contributed by atoms with Crippen molar-refractivity contribution in [2.45, 2.75) is 26.8 Å². The molecule has 8 heteroatoms. The van der Waals surface area contributed by atoms with Crippen LogP contribution in [0.5, 0.6) is 0 Å². The summed E-state index contributed by atoms with van der Waals surface area (Å²) in [7, 11) is 0. The van der Waals surface area contributed by atoms with Gasteiger partial charge in [0.05, 0.1) is 22.4 Å². The molecule has 0 aliphatic rings. The Kier molecular flexibility index (Phi) is 4.39. The third-order valence-corrected chi connectivity index (χ3v) is 5.03. The standard InChI is InChI=1S/C22H19FN6O/c1-3-28-20-8-7-15(22-27-26-14(2)30-22)11-19(20)25-21(28)13-18-9-10-24-29(18)17-6-4-5-16(23)12-17/h4-12H,3,13H2,1-2H3. The zero-order valence-electron chi connectivity index (χ0n) is 16.6. The molecule has 0 aliphatic heterocycles. The van der Waals surface area contributed by atoms with Gasteiger partial charge in [-0.1, -0.05) is 6.07 Å². The minimum atomic E-state index is -0.293. The number of imidazole rings is 1. The van der Waals surface area contributed by atoms with Gasteiger partial charge in [0.25, 0.3) is 0 Å². The molecule has 150 valence electrons. The molecular formula is C22H19FN6O. The summed E-state index contributed by atoms with van der Waals surface area (Å²) in [6.07, 6.45) is 2.28. The van der Waals surface area contributed by atoms with Crippen LogP contribution in [-0.2, 0) is 13.0 Å². The average molecular weight is 402 g/mol. The van der Waals surface area contributed by atoms with Crippen molar-refractivity contribution in [1.82, 2.24) is 29.5 Å². The molecule has 2 aromatic carbocycles. The van der Waals surface area contributed by atoms with Gasteiger partial charge < -0.3 is 8.98 Å². The molecule has 7 nitrogen and oxygen atoms in total. The zero-order chi connectivity index (χ0) is 20.7. The molecule has 5 rings (SSSR count). The number of fused-ring (bicyclic) bond motifs is 1. The fourth-order valence-electron chi connectivity index (χ4n) is 3.68. The van der Waals surface area contributed by atoms with Crippen LogP contribution in [0.4, 0.5) is 4.39 Å². The third-order valence-electron chi connectivity index (χ3n) is 5.03. The van der Waals surface area contributed by atoms with Gasteiger partial charge in [-0.3, -0.25) is 0 Å². The van der Waals surface area contributed by atoms with Crippen LogP contribution in [0.2, 0.25) is 0 Å². The summed E-state index contributed by atoms with van der Waals surface area (Å²) in [5.74, 6) is 1.62. The molecule has 0 aliphatic carbocycles. The Morgan fingerprint density at radius 3 is 2.73 bits per heavy atom. The smallest absolute Gasteiger partial charge is 0.247 e. The molecule has 0 fully saturated rings. The van der Waals surface area contributed by atoms with Crippen LogP contribution >= 0.6 is 0 Å². The molecule has 3 aromatic heterocycles. The summed E-state index contributed by atoms with van der Waals surface area (Å²) in [5.41, 5.74) is 4.34. The molecule has 0 amide bonds. The van der Waals surface area contributed by atoms with Gasteiger partial charge in [-0.25, -0.2) is 14.1 Å². The maximum Gasteiger partial charge on any atom is 0.247 e. The van der Waals surface area contributed by atoms with E-state index in [1.165, 1.54) is 12.1 Å². The van der Waals surface area contributed by atoms with Crippen LogP contribution in [-0.4, -0.2) is 29.5 Å². The highest BCUT2D eigenvalue weighted by Crippen LogP contribution is 2.25. The van der Waals surface area contributed by atoms with Crippen LogP contribution in [0.15, 0.2) is 59.1 Å². The number of halogens is 1. The molecule has 0 atom stereocenters. The van der Waals surface area contributed by atoms with Gasteiger partial charge in [0.2, 0.25) is 11.8 Å². The van der Waals surface area contributed by atoms with Crippen molar-refractivity contribution < 1.29 is 8.81 Å². The highest BCUT2D eigenvalue weighted by molar-refractivity contribution is 5.81. The van der Waals surface area contributed by atoms with Crippen LogP contribution < -0.4 is 0 Å². The predicted octanol–water partition coefficient (Wildman–Crippen LogP) is 4.33. The maximum absolute atomic E-state index is 13.7. The van der Waals surface area contributed by atoms with Gasteiger partial charge in [0, 0.05) is 31.6 Å². The van der Waals surface area contributed by atoms with Crippen LogP contribution in [0.3, 0.4) is 0 Å². The molecule has 0 radical (unpaired) electrons. The molecule has 0 N–H and O–H groups in total. The van der Waals surface area contributed by atoms with Gasteiger partial charge in [-0.15, -0.1) is 10.2 Å². The van der Waals surface area contributed by atoms with Crippen LogP contribution in [0, 0.1) is 12.7 Å². The van der Waals surface area contributed by atoms with E-state index in [1.54, 1.807) is 23.9 Å². The lowest BCUT2D eigenvalue weighted by Gasteiger charge is -2.09. The molecule has 3 heterocycles. The summed E-state index contributed by atoms with van der Waals surface area (Å²) in [6, 6.07) is 14.3. The number of nitrogens with zero attached hydrogens (tertiary/aromatic N) is 6. The number of hydrogen-bond donors (Lipinski definition) is 0. The second-order valence-corrected chi connectivity index (χ2v) is 6.99. The van der Waals surface area contributed by atoms with Crippen molar-refractivity contribution in [3.63, 3.8) is 0 Å². The van der Waals surface area contributed by atoms with Gasteiger partial charge in [0.15, 0.2) is 0 Å². The van der Waals surface area contributed by atoms with E-state index in [0.717, 1.165) is 34.7 Å². The molecule has 0 saturated carbocycles. The van der Waals surface area contributed by atoms with Gasteiger partial charge in [-0.2, -0.15) is 5.10 Å². The highest BCUT2D eigenvalue weighted by atomic mass is 19.1. The first kappa shape index (κ1) is 18.2. The van der Waals surface area contributed by atoms with E-state index in [2.05, 4.69) is 26.8 Å². The number of aryl methyl sites for hydroxylation is 2. The lowest BCUT2D eigenvalue weighted by Crippen LogP contribution is -2.07. The average Bonchev–Trinajstić information content (AvgIpc) is 3.45. The quantitative estimate of drug-likeness (QED) is 0.437. The van der Waals surface area contributed by atoms with E-state index in [4.69, 9.17) is 9.40 Å². The number of rotatable bonds is 5. The molecular weight excluding hydrogens is 383 g/mol. The summed E-state index contributed by atoms with van der Waals surface area (Å²) in [6.45, 7) is 4.63. The van der Waals surface area contributed by atoms with E-state index in [-0.39, 0.29) is 5.82 Å². The topological polar surface area (TPSA) is 74.6 Å². The summed E-state index contributed by atoms with van der Waals surface area (Å²) >= 11 is 0. The molecule has 30 heavy (non-hydrogen) atoms. The minimum Gasteiger partial charge on any atom is -0.421 e. The first-order valence-corrected chi connectivity index (χ1v) is 9.71. The van der Waals surface area contributed by atoms with E-state index < -0.39 is 0 Å². The van der Waals surface area contributed by atoms with Gasteiger partial charge in [-0.05, 0) is 49.4 Å². The second kappa shape index (κ2) is 7.22. The fourth-order valence-corrected chi connectivity index (χ4v) is 3.68. The number of aromatic nitrogens is 6. The Morgan fingerprint density at radius 1 is 1.07 bits per heavy atom. The van der Waals surface area contributed by atoms with Crippen molar-refractivity contribution in [3.05, 3.63) is 78.0 Å². The number of benzene rings is 2. The van der Waals surface area contributed by atoms with Gasteiger partial charge in [0.1, 0.15) is 11.6 Å². The summed E-state index contributed by atoms with van der Waals surface area (Å²) < 4.78 is 23.1. The Labute approximate surface area is 171 Å². The second-order valence-electron chi connectivity index (χ2n) is 6.99. The van der Waals surface area contributed by atoms with E-state index in [0.29, 0.717) is 23.9 Å². The Bertz CT molecular complexity index is 1350. The lowest BCUT2D eigenvalue weighted by molar-refractivity contribution is 0.533. The van der Waals surface area contributed by atoms with Crippen molar-refractivity contribution in [1.29, 1.82) is 0 Å². The van der Waals surface area contributed by atoms with Crippen molar-refractivity contribution in [2.75, 3.05) is 0 Å². The summed E-state index contributed by atoms with van der Waals surface area (Å²) in [5, 5.41) is 12.4. The van der Waals surface area contributed by atoms with Crippen molar-refractivity contribution in [3.8, 4) is 17.1 Å². The fraction of sp³-hybridized carbons (Fsp3) is 0.182. The van der Waals surface area contributed by atoms with Crippen LogP contribution in [0.25, 0.3) is 28.2 Å². The SMILES string of the molecule is CCn1c(Cc2ccnn2-c2cccc(F)c2)nc2cc(-c3nnc(C)o3)ccc21.